The number of nitrogens with zero attached hydrogens (tertiary/aromatic N) is 2. The number of hydrogen-bond donors (Lipinski definition) is 1. The van der Waals surface area contributed by atoms with Crippen LogP contribution in [0.5, 0.6) is 0 Å². The highest BCUT2D eigenvalue weighted by atomic mass is 35.5. The monoisotopic (exact) mass is 263 g/mol. The highest BCUT2D eigenvalue weighted by Crippen LogP contribution is 2.30. The number of rotatable bonds is 3. The minimum Gasteiger partial charge on any atom is -0.326 e. The summed E-state index contributed by atoms with van der Waals surface area (Å²) in [5.41, 5.74) is 10.0. The molecule has 0 saturated carbocycles. The molecule has 96 valence electrons. The van der Waals surface area contributed by atoms with Crippen molar-refractivity contribution in [1.82, 2.24) is 9.78 Å². The second kappa shape index (κ2) is 5.12. The first kappa shape index (κ1) is 13.1. The van der Waals surface area contributed by atoms with E-state index >= 15 is 0 Å². The molecule has 0 saturated heterocycles. The van der Waals surface area contributed by atoms with Crippen molar-refractivity contribution in [1.29, 1.82) is 0 Å². The molecule has 1 heterocycles. The van der Waals surface area contributed by atoms with Crippen molar-refractivity contribution in [2.45, 2.75) is 26.3 Å². The molecule has 0 aliphatic heterocycles. The van der Waals surface area contributed by atoms with E-state index in [0.717, 1.165) is 27.4 Å². The second-order valence-corrected chi connectivity index (χ2v) is 5.17. The molecule has 18 heavy (non-hydrogen) atoms. The van der Waals surface area contributed by atoms with Gasteiger partial charge in [0, 0.05) is 30.4 Å². The number of aryl methyl sites for hydroxylation is 1. The number of benzene rings is 1. The first-order chi connectivity index (χ1) is 8.52. The molecular weight excluding hydrogens is 246 g/mol. The van der Waals surface area contributed by atoms with Gasteiger partial charge in [0.2, 0.25) is 0 Å². The van der Waals surface area contributed by atoms with E-state index in [-0.39, 0.29) is 0 Å². The van der Waals surface area contributed by atoms with Crippen molar-refractivity contribution < 1.29 is 0 Å². The Kier molecular flexibility index (Phi) is 3.73. The quantitative estimate of drug-likeness (QED) is 0.923. The van der Waals surface area contributed by atoms with E-state index in [1.807, 2.05) is 36.1 Å². The number of nitrogens with two attached hydrogens (primary N) is 1. The fraction of sp³-hybridized carbons (Fsp3) is 0.357. The normalized spacial score (nSPS) is 11.2. The lowest BCUT2D eigenvalue weighted by Gasteiger charge is -2.08. The van der Waals surface area contributed by atoms with Crippen LogP contribution in [0.3, 0.4) is 0 Å². The van der Waals surface area contributed by atoms with E-state index in [4.69, 9.17) is 17.3 Å². The van der Waals surface area contributed by atoms with Gasteiger partial charge in [0.15, 0.2) is 0 Å². The van der Waals surface area contributed by atoms with Gasteiger partial charge in [0.1, 0.15) is 0 Å². The van der Waals surface area contributed by atoms with E-state index < -0.39 is 0 Å². The van der Waals surface area contributed by atoms with E-state index in [0.29, 0.717) is 12.5 Å². The van der Waals surface area contributed by atoms with Gasteiger partial charge in [-0.1, -0.05) is 31.5 Å². The van der Waals surface area contributed by atoms with Crippen LogP contribution in [0.15, 0.2) is 24.4 Å². The molecule has 2 N–H and O–H groups in total. The minimum absolute atomic E-state index is 0.387. The van der Waals surface area contributed by atoms with Gasteiger partial charge in [-0.25, -0.2) is 0 Å². The first-order valence-corrected chi connectivity index (χ1v) is 6.43. The van der Waals surface area contributed by atoms with E-state index in [1.54, 1.807) is 0 Å². The van der Waals surface area contributed by atoms with Gasteiger partial charge in [-0.05, 0) is 29.2 Å². The van der Waals surface area contributed by atoms with Crippen LogP contribution in [0.25, 0.3) is 11.1 Å². The summed E-state index contributed by atoms with van der Waals surface area (Å²) in [5, 5.41) is 5.24. The summed E-state index contributed by atoms with van der Waals surface area (Å²) >= 11 is 6.09. The Balaban J connectivity index is 2.54. The Morgan fingerprint density at radius 3 is 2.72 bits per heavy atom. The summed E-state index contributed by atoms with van der Waals surface area (Å²) in [4.78, 5) is 0. The van der Waals surface area contributed by atoms with Gasteiger partial charge < -0.3 is 5.73 Å². The summed E-state index contributed by atoms with van der Waals surface area (Å²) in [6.07, 6.45) is 2.04. The smallest absolute Gasteiger partial charge is 0.0728 e. The molecule has 0 spiro atoms. The predicted molar refractivity (Wildman–Crippen MR) is 75.6 cm³/mol. The van der Waals surface area contributed by atoms with Gasteiger partial charge in [0.05, 0.1) is 5.69 Å². The average Bonchev–Trinajstić information content (AvgIpc) is 2.72. The van der Waals surface area contributed by atoms with Gasteiger partial charge in [0.25, 0.3) is 0 Å². The van der Waals surface area contributed by atoms with E-state index in [2.05, 4.69) is 18.9 Å². The molecule has 3 nitrogen and oxygen atoms in total. The van der Waals surface area contributed by atoms with Crippen LogP contribution >= 0.6 is 11.6 Å². The topological polar surface area (TPSA) is 43.8 Å². The maximum absolute atomic E-state index is 6.09. The molecule has 4 heteroatoms. The molecule has 2 aromatic rings. The molecule has 2 rings (SSSR count). The summed E-state index contributed by atoms with van der Waals surface area (Å²) < 4.78 is 1.85. The third-order valence-corrected chi connectivity index (χ3v) is 3.35. The molecule has 0 unspecified atom stereocenters. The Morgan fingerprint density at radius 1 is 1.39 bits per heavy atom. The molecule has 0 atom stereocenters. The van der Waals surface area contributed by atoms with Crippen molar-refractivity contribution in [3.05, 3.63) is 40.7 Å². The zero-order valence-corrected chi connectivity index (χ0v) is 11.7. The molecule has 0 radical (unpaired) electrons. The zero-order chi connectivity index (χ0) is 13.3. The maximum Gasteiger partial charge on any atom is 0.0728 e. The Morgan fingerprint density at radius 2 is 2.11 bits per heavy atom. The molecular formula is C14H18ClN3. The van der Waals surface area contributed by atoms with Crippen LogP contribution in [0.1, 0.15) is 31.0 Å². The largest absolute Gasteiger partial charge is 0.326 e. The lowest BCUT2D eigenvalue weighted by atomic mass is 9.99. The molecule has 0 aliphatic carbocycles. The predicted octanol–water partition coefficient (Wildman–Crippen LogP) is 3.32. The van der Waals surface area contributed by atoms with Crippen LogP contribution in [-0.2, 0) is 13.6 Å². The summed E-state index contributed by atoms with van der Waals surface area (Å²) in [6, 6.07) is 5.96. The second-order valence-electron chi connectivity index (χ2n) is 4.77. The van der Waals surface area contributed by atoms with Crippen molar-refractivity contribution in [3.63, 3.8) is 0 Å². The van der Waals surface area contributed by atoms with Crippen molar-refractivity contribution in [2.75, 3.05) is 0 Å². The number of halogens is 1. The van der Waals surface area contributed by atoms with Gasteiger partial charge in [-0.2, -0.15) is 5.10 Å². The van der Waals surface area contributed by atoms with Gasteiger partial charge in [-0.15, -0.1) is 0 Å². The molecule has 0 aliphatic rings. The minimum atomic E-state index is 0.387. The Bertz CT molecular complexity index is 558. The highest BCUT2D eigenvalue weighted by molar-refractivity contribution is 6.31. The Labute approximate surface area is 113 Å². The average molecular weight is 264 g/mol. The maximum atomic E-state index is 6.09. The van der Waals surface area contributed by atoms with Crippen molar-refractivity contribution >= 4 is 11.6 Å². The third-order valence-electron chi connectivity index (χ3n) is 2.98. The molecule has 0 amide bonds. The van der Waals surface area contributed by atoms with Crippen LogP contribution < -0.4 is 5.73 Å². The van der Waals surface area contributed by atoms with E-state index in [1.165, 1.54) is 0 Å². The standard InChI is InChI=1S/C14H18ClN3/c1-9(2)14-12(8-18(3)17-14)10-4-5-13(15)11(6-10)7-16/h4-6,8-9H,7,16H2,1-3H3. The fourth-order valence-corrected chi connectivity index (χ4v) is 2.25. The van der Waals surface area contributed by atoms with Gasteiger partial charge in [-0.3, -0.25) is 4.68 Å². The number of hydrogen-bond acceptors (Lipinski definition) is 2. The molecule has 1 aromatic heterocycles. The molecule has 0 bridgehead atoms. The zero-order valence-electron chi connectivity index (χ0n) is 10.9. The van der Waals surface area contributed by atoms with Crippen LogP contribution in [0.4, 0.5) is 0 Å². The van der Waals surface area contributed by atoms with Crippen LogP contribution in [-0.4, -0.2) is 9.78 Å². The van der Waals surface area contributed by atoms with Crippen molar-refractivity contribution in [2.24, 2.45) is 12.8 Å². The highest BCUT2D eigenvalue weighted by Gasteiger charge is 2.14. The lowest BCUT2D eigenvalue weighted by molar-refractivity contribution is 0.713. The van der Waals surface area contributed by atoms with Crippen LogP contribution in [0.2, 0.25) is 5.02 Å². The molecule has 0 fully saturated rings. The fourth-order valence-electron chi connectivity index (χ4n) is 2.05. The first-order valence-electron chi connectivity index (χ1n) is 6.05. The number of aromatic nitrogens is 2. The lowest BCUT2D eigenvalue weighted by Crippen LogP contribution is -1.98. The van der Waals surface area contributed by atoms with Crippen molar-refractivity contribution in [3.8, 4) is 11.1 Å². The summed E-state index contributed by atoms with van der Waals surface area (Å²) in [7, 11) is 1.94. The van der Waals surface area contributed by atoms with Crippen LogP contribution in [0, 0.1) is 0 Å². The van der Waals surface area contributed by atoms with Gasteiger partial charge >= 0.3 is 0 Å². The SMILES string of the molecule is CC(C)c1nn(C)cc1-c1ccc(Cl)c(CN)c1. The Hall–Kier alpha value is -1.32. The molecule has 1 aromatic carbocycles. The third kappa shape index (κ3) is 2.42. The van der Waals surface area contributed by atoms with E-state index in [9.17, 15) is 0 Å². The summed E-state index contributed by atoms with van der Waals surface area (Å²) in [5.74, 6) is 0.387. The summed E-state index contributed by atoms with van der Waals surface area (Å²) in [6.45, 7) is 4.74.